The maximum absolute atomic E-state index is 11.3. The summed E-state index contributed by atoms with van der Waals surface area (Å²) in [5.41, 5.74) is 2.33. The monoisotopic (exact) mass is 241 g/mol. The number of aromatic nitrogens is 1. The third kappa shape index (κ3) is 1.96. The first-order chi connectivity index (χ1) is 8.79. The van der Waals surface area contributed by atoms with E-state index in [0.717, 1.165) is 11.9 Å². The Balaban J connectivity index is 1.86. The second-order valence-electron chi connectivity index (χ2n) is 4.80. The van der Waals surface area contributed by atoms with Crippen molar-refractivity contribution in [2.24, 2.45) is 5.92 Å². The Hall–Kier alpha value is -1.90. The van der Waals surface area contributed by atoms with E-state index in [1.165, 1.54) is 18.1 Å². The number of nitrogens with zero attached hydrogens (tertiary/aromatic N) is 1. The van der Waals surface area contributed by atoms with Crippen molar-refractivity contribution in [3.63, 3.8) is 0 Å². The lowest BCUT2D eigenvalue weighted by molar-refractivity contribution is -0.141. The van der Waals surface area contributed by atoms with Crippen molar-refractivity contribution in [2.45, 2.75) is 18.8 Å². The number of benzene rings is 1. The van der Waals surface area contributed by atoms with Crippen molar-refractivity contribution in [2.75, 3.05) is 7.11 Å². The van der Waals surface area contributed by atoms with E-state index >= 15 is 0 Å². The summed E-state index contributed by atoms with van der Waals surface area (Å²) >= 11 is 0. The van der Waals surface area contributed by atoms with Gasteiger partial charge in [-0.1, -0.05) is 24.3 Å². The molecule has 0 spiro atoms. The van der Waals surface area contributed by atoms with Crippen LogP contribution in [-0.4, -0.2) is 18.1 Å². The van der Waals surface area contributed by atoms with Crippen LogP contribution in [0.4, 0.5) is 0 Å². The molecule has 3 rings (SSSR count). The van der Waals surface area contributed by atoms with Gasteiger partial charge in [-0.3, -0.25) is 9.78 Å². The Morgan fingerprint density at radius 3 is 3.06 bits per heavy atom. The summed E-state index contributed by atoms with van der Waals surface area (Å²) in [7, 11) is 1.44. The fourth-order valence-electron chi connectivity index (χ4n) is 2.58. The Morgan fingerprint density at radius 1 is 1.39 bits per heavy atom. The molecule has 18 heavy (non-hydrogen) atoms. The fraction of sp³-hybridized carbons (Fsp3) is 0.333. The minimum atomic E-state index is -0.115. The van der Waals surface area contributed by atoms with Gasteiger partial charge in [0, 0.05) is 18.0 Å². The fourth-order valence-corrected chi connectivity index (χ4v) is 2.58. The van der Waals surface area contributed by atoms with Gasteiger partial charge in [0.1, 0.15) is 0 Å². The highest BCUT2D eigenvalue weighted by molar-refractivity contribution is 5.82. The molecule has 92 valence electrons. The minimum absolute atomic E-state index is 0.115. The van der Waals surface area contributed by atoms with E-state index in [4.69, 9.17) is 4.74 Å². The first-order valence-corrected chi connectivity index (χ1v) is 6.20. The normalized spacial score (nSPS) is 21.8. The Morgan fingerprint density at radius 2 is 2.22 bits per heavy atom. The summed E-state index contributed by atoms with van der Waals surface area (Å²) in [6, 6.07) is 10.3. The van der Waals surface area contributed by atoms with Crippen LogP contribution < -0.4 is 0 Å². The first-order valence-electron chi connectivity index (χ1n) is 6.20. The highest BCUT2D eigenvalue weighted by atomic mass is 16.5. The van der Waals surface area contributed by atoms with Gasteiger partial charge in [-0.15, -0.1) is 0 Å². The Labute approximate surface area is 106 Å². The quantitative estimate of drug-likeness (QED) is 0.776. The SMILES string of the molecule is COC(=O)CC1CC1c1cccc2cccnc12. The third-order valence-electron chi connectivity index (χ3n) is 3.64. The van der Waals surface area contributed by atoms with Crippen molar-refractivity contribution >= 4 is 16.9 Å². The molecule has 0 bridgehead atoms. The predicted octanol–water partition coefficient (Wildman–Crippen LogP) is 2.90. The maximum atomic E-state index is 11.3. The molecule has 1 saturated carbocycles. The highest BCUT2D eigenvalue weighted by Crippen LogP contribution is 2.51. The number of hydrogen-bond donors (Lipinski definition) is 0. The summed E-state index contributed by atoms with van der Waals surface area (Å²) in [6.07, 6.45) is 3.40. The number of carbonyl (C=O) groups excluding carboxylic acids is 1. The zero-order chi connectivity index (χ0) is 12.5. The Kier molecular flexibility index (Phi) is 2.74. The van der Waals surface area contributed by atoms with Gasteiger partial charge in [-0.2, -0.15) is 0 Å². The number of ether oxygens (including phenoxy) is 1. The van der Waals surface area contributed by atoms with E-state index in [2.05, 4.69) is 29.2 Å². The van der Waals surface area contributed by atoms with Crippen LogP contribution >= 0.6 is 0 Å². The molecule has 0 N–H and O–H groups in total. The molecule has 2 aromatic rings. The summed E-state index contributed by atoms with van der Waals surface area (Å²) in [6.45, 7) is 0. The van der Waals surface area contributed by atoms with Crippen LogP contribution in [0.25, 0.3) is 10.9 Å². The molecule has 0 amide bonds. The third-order valence-corrected chi connectivity index (χ3v) is 3.64. The molecule has 2 unspecified atom stereocenters. The molecule has 1 aliphatic rings. The van der Waals surface area contributed by atoms with Crippen LogP contribution in [0.3, 0.4) is 0 Å². The number of pyridine rings is 1. The molecule has 2 atom stereocenters. The van der Waals surface area contributed by atoms with E-state index in [1.807, 2.05) is 12.3 Å². The van der Waals surface area contributed by atoms with Crippen molar-refractivity contribution in [1.29, 1.82) is 0 Å². The molecule has 1 aliphatic carbocycles. The van der Waals surface area contributed by atoms with Crippen LogP contribution in [0.1, 0.15) is 24.3 Å². The van der Waals surface area contributed by atoms with Crippen LogP contribution in [-0.2, 0) is 9.53 Å². The number of rotatable bonds is 3. The van der Waals surface area contributed by atoms with Crippen LogP contribution in [0, 0.1) is 5.92 Å². The predicted molar refractivity (Wildman–Crippen MR) is 69.2 cm³/mol. The van der Waals surface area contributed by atoms with Crippen LogP contribution in [0.2, 0.25) is 0 Å². The van der Waals surface area contributed by atoms with Gasteiger partial charge in [0.2, 0.25) is 0 Å². The second kappa shape index (κ2) is 4.41. The number of esters is 1. The van der Waals surface area contributed by atoms with Crippen molar-refractivity contribution in [3.8, 4) is 0 Å². The topological polar surface area (TPSA) is 39.2 Å². The lowest BCUT2D eigenvalue weighted by Gasteiger charge is -2.04. The van der Waals surface area contributed by atoms with Gasteiger partial charge in [-0.05, 0) is 29.9 Å². The van der Waals surface area contributed by atoms with E-state index in [1.54, 1.807) is 0 Å². The lowest BCUT2D eigenvalue weighted by atomic mass is 10.0. The van der Waals surface area contributed by atoms with E-state index in [-0.39, 0.29) is 5.97 Å². The van der Waals surface area contributed by atoms with Gasteiger partial charge in [0.15, 0.2) is 0 Å². The van der Waals surface area contributed by atoms with Gasteiger partial charge in [-0.25, -0.2) is 0 Å². The van der Waals surface area contributed by atoms with Crippen molar-refractivity contribution < 1.29 is 9.53 Å². The molecule has 3 nitrogen and oxygen atoms in total. The second-order valence-corrected chi connectivity index (χ2v) is 4.80. The zero-order valence-corrected chi connectivity index (χ0v) is 10.3. The van der Waals surface area contributed by atoms with E-state index in [0.29, 0.717) is 18.3 Å². The molecule has 1 aromatic heterocycles. The van der Waals surface area contributed by atoms with Crippen molar-refractivity contribution in [3.05, 3.63) is 42.1 Å². The summed E-state index contributed by atoms with van der Waals surface area (Å²) in [5.74, 6) is 0.767. The summed E-state index contributed by atoms with van der Waals surface area (Å²) < 4.78 is 4.72. The lowest BCUT2D eigenvalue weighted by Crippen LogP contribution is -2.01. The largest absolute Gasteiger partial charge is 0.469 e. The van der Waals surface area contributed by atoms with Gasteiger partial charge < -0.3 is 4.74 Å². The van der Waals surface area contributed by atoms with Gasteiger partial charge in [0.05, 0.1) is 12.6 Å². The summed E-state index contributed by atoms with van der Waals surface area (Å²) in [5, 5.41) is 1.17. The molecule has 1 fully saturated rings. The zero-order valence-electron chi connectivity index (χ0n) is 10.3. The Bertz CT molecular complexity index is 589. The minimum Gasteiger partial charge on any atom is -0.469 e. The number of para-hydroxylation sites is 1. The molecule has 0 aliphatic heterocycles. The van der Waals surface area contributed by atoms with Gasteiger partial charge >= 0.3 is 5.97 Å². The number of fused-ring (bicyclic) bond motifs is 1. The number of hydrogen-bond acceptors (Lipinski definition) is 3. The smallest absolute Gasteiger partial charge is 0.305 e. The number of methoxy groups -OCH3 is 1. The molecule has 0 radical (unpaired) electrons. The molecular formula is C15H15NO2. The average molecular weight is 241 g/mol. The average Bonchev–Trinajstić information content (AvgIpc) is 3.17. The molecule has 0 saturated heterocycles. The van der Waals surface area contributed by atoms with Crippen LogP contribution in [0.5, 0.6) is 0 Å². The van der Waals surface area contributed by atoms with Gasteiger partial charge in [0.25, 0.3) is 0 Å². The molecule has 1 aromatic carbocycles. The summed E-state index contributed by atoms with van der Waals surface area (Å²) in [4.78, 5) is 15.7. The first kappa shape index (κ1) is 11.2. The van der Waals surface area contributed by atoms with E-state index < -0.39 is 0 Å². The molecule has 1 heterocycles. The number of carbonyl (C=O) groups is 1. The van der Waals surface area contributed by atoms with Crippen molar-refractivity contribution in [1.82, 2.24) is 4.98 Å². The maximum Gasteiger partial charge on any atom is 0.305 e. The van der Waals surface area contributed by atoms with E-state index in [9.17, 15) is 4.79 Å². The highest BCUT2D eigenvalue weighted by Gasteiger charge is 2.40. The van der Waals surface area contributed by atoms with Crippen LogP contribution in [0.15, 0.2) is 36.5 Å². The molecular weight excluding hydrogens is 226 g/mol. The standard InChI is InChI=1S/C15H15NO2/c1-18-14(17)9-11-8-13(11)12-6-2-4-10-5-3-7-16-15(10)12/h2-7,11,13H,8-9H2,1H3. The molecule has 3 heteroatoms.